The van der Waals surface area contributed by atoms with E-state index in [4.69, 9.17) is 0 Å². The van der Waals surface area contributed by atoms with E-state index in [1.54, 1.807) is 12.4 Å². The maximum Gasteiger partial charge on any atom is 0.252 e. The van der Waals surface area contributed by atoms with Crippen LogP contribution >= 0.6 is 0 Å². The number of pyridine rings is 1. The zero-order valence-corrected chi connectivity index (χ0v) is 13.5. The average Bonchev–Trinajstić information content (AvgIpc) is 3.09. The van der Waals surface area contributed by atoms with Gasteiger partial charge >= 0.3 is 0 Å². The minimum atomic E-state index is -0.0441. The van der Waals surface area contributed by atoms with E-state index in [1.165, 1.54) is 12.0 Å². The van der Waals surface area contributed by atoms with Crippen molar-refractivity contribution in [2.24, 2.45) is 5.92 Å². The fourth-order valence-electron chi connectivity index (χ4n) is 2.92. The molecular weight excluding hydrogens is 286 g/mol. The van der Waals surface area contributed by atoms with Crippen molar-refractivity contribution < 1.29 is 4.79 Å². The monoisotopic (exact) mass is 309 g/mol. The Bertz CT molecular complexity index is 661. The second-order valence-corrected chi connectivity index (χ2v) is 6.23. The lowest BCUT2D eigenvalue weighted by molar-refractivity contribution is 0.0951. The van der Waals surface area contributed by atoms with Crippen LogP contribution in [0.25, 0.3) is 11.1 Å². The Balaban J connectivity index is 1.61. The number of amides is 1. The molecule has 1 fully saturated rings. The number of rotatable bonds is 5. The summed E-state index contributed by atoms with van der Waals surface area (Å²) in [6.45, 7) is 4.95. The van der Waals surface area contributed by atoms with E-state index in [2.05, 4.69) is 46.8 Å². The molecule has 2 aromatic rings. The van der Waals surface area contributed by atoms with Gasteiger partial charge in [0.15, 0.2) is 0 Å². The van der Waals surface area contributed by atoms with Gasteiger partial charge in [0.25, 0.3) is 5.91 Å². The van der Waals surface area contributed by atoms with Crippen LogP contribution < -0.4 is 10.6 Å². The van der Waals surface area contributed by atoms with Crippen LogP contribution in [0.15, 0.2) is 42.7 Å². The Labute approximate surface area is 137 Å². The molecule has 2 heterocycles. The number of carbonyl (C=O) groups excluding carboxylic acids is 1. The minimum Gasteiger partial charge on any atom is -0.352 e. The number of carbonyl (C=O) groups is 1. The second kappa shape index (κ2) is 7.38. The van der Waals surface area contributed by atoms with Gasteiger partial charge in [0.1, 0.15) is 0 Å². The molecule has 1 aliphatic heterocycles. The van der Waals surface area contributed by atoms with E-state index in [0.29, 0.717) is 11.5 Å². The van der Waals surface area contributed by atoms with Gasteiger partial charge < -0.3 is 10.6 Å². The summed E-state index contributed by atoms with van der Waals surface area (Å²) in [4.78, 5) is 16.5. The van der Waals surface area contributed by atoms with Gasteiger partial charge in [0.05, 0.1) is 5.56 Å². The van der Waals surface area contributed by atoms with Gasteiger partial charge in [-0.2, -0.15) is 0 Å². The fraction of sp³-hybridized carbons (Fsp3) is 0.368. The van der Waals surface area contributed by atoms with Gasteiger partial charge in [-0.05, 0) is 50.4 Å². The van der Waals surface area contributed by atoms with Crippen LogP contribution in [-0.2, 0) is 0 Å². The quantitative estimate of drug-likeness (QED) is 0.893. The van der Waals surface area contributed by atoms with Crippen molar-refractivity contribution in [3.05, 3.63) is 53.9 Å². The van der Waals surface area contributed by atoms with Gasteiger partial charge in [0, 0.05) is 24.5 Å². The molecule has 2 N–H and O–H groups in total. The minimum absolute atomic E-state index is 0.0441. The molecule has 4 nitrogen and oxygen atoms in total. The van der Waals surface area contributed by atoms with Crippen molar-refractivity contribution in [1.82, 2.24) is 15.6 Å². The van der Waals surface area contributed by atoms with E-state index in [1.807, 2.05) is 6.07 Å². The standard InChI is InChI=1S/C19H23N3O/c1-14-2-4-16(5-3-14)17-10-18(13-21-12-17)19(23)22-9-7-15-6-8-20-11-15/h2-5,10,12-13,15,20H,6-9,11H2,1H3,(H,22,23). The second-order valence-electron chi connectivity index (χ2n) is 6.23. The molecule has 0 bridgehead atoms. The van der Waals surface area contributed by atoms with Gasteiger partial charge in [-0.3, -0.25) is 9.78 Å². The molecule has 1 aliphatic rings. The number of hydrogen-bond acceptors (Lipinski definition) is 3. The molecule has 0 spiro atoms. The first kappa shape index (κ1) is 15.7. The maximum absolute atomic E-state index is 12.3. The maximum atomic E-state index is 12.3. The number of benzene rings is 1. The van der Waals surface area contributed by atoms with Crippen LogP contribution in [0.4, 0.5) is 0 Å². The molecule has 23 heavy (non-hydrogen) atoms. The average molecular weight is 309 g/mol. The van der Waals surface area contributed by atoms with E-state index in [-0.39, 0.29) is 5.91 Å². The van der Waals surface area contributed by atoms with Crippen LogP contribution in [0.5, 0.6) is 0 Å². The summed E-state index contributed by atoms with van der Waals surface area (Å²) < 4.78 is 0. The van der Waals surface area contributed by atoms with E-state index < -0.39 is 0 Å². The Morgan fingerprint density at radius 2 is 2.09 bits per heavy atom. The van der Waals surface area contributed by atoms with Gasteiger partial charge in [-0.1, -0.05) is 29.8 Å². The highest BCUT2D eigenvalue weighted by molar-refractivity contribution is 5.95. The predicted octanol–water partition coefficient (Wildman–Crippen LogP) is 2.79. The Morgan fingerprint density at radius 1 is 1.26 bits per heavy atom. The van der Waals surface area contributed by atoms with Crippen molar-refractivity contribution in [1.29, 1.82) is 0 Å². The SMILES string of the molecule is Cc1ccc(-c2cncc(C(=O)NCCC3CCNC3)c2)cc1. The Kier molecular flexibility index (Phi) is 5.03. The molecule has 1 aromatic heterocycles. The molecule has 3 rings (SSSR count). The number of nitrogens with one attached hydrogen (secondary N) is 2. The third kappa shape index (κ3) is 4.17. The molecule has 1 saturated heterocycles. The first-order valence-corrected chi connectivity index (χ1v) is 8.23. The summed E-state index contributed by atoms with van der Waals surface area (Å²) in [6.07, 6.45) is 5.67. The summed E-state index contributed by atoms with van der Waals surface area (Å²) in [5.41, 5.74) is 3.89. The molecule has 0 aliphatic carbocycles. The van der Waals surface area contributed by atoms with Crippen molar-refractivity contribution in [3.63, 3.8) is 0 Å². The van der Waals surface area contributed by atoms with E-state index >= 15 is 0 Å². The zero-order chi connectivity index (χ0) is 16.1. The van der Waals surface area contributed by atoms with Crippen LogP contribution in [0.1, 0.15) is 28.8 Å². The van der Waals surface area contributed by atoms with E-state index in [0.717, 1.165) is 37.2 Å². The Morgan fingerprint density at radius 3 is 2.83 bits per heavy atom. The summed E-state index contributed by atoms with van der Waals surface area (Å²) in [5.74, 6) is 0.643. The molecule has 1 aromatic carbocycles. The van der Waals surface area contributed by atoms with Crippen molar-refractivity contribution in [2.45, 2.75) is 19.8 Å². The van der Waals surface area contributed by atoms with Crippen LogP contribution in [0.2, 0.25) is 0 Å². The normalized spacial score (nSPS) is 17.2. The highest BCUT2D eigenvalue weighted by atomic mass is 16.1. The highest BCUT2D eigenvalue weighted by Gasteiger charge is 2.14. The Hall–Kier alpha value is -2.20. The molecule has 4 heteroatoms. The van der Waals surface area contributed by atoms with Crippen molar-refractivity contribution >= 4 is 5.91 Å². The number of nitrogens with zero attached hydrogens (tertiary/aromatic N) is 1. The number of aryl methyl sites for hydroxylation is 1. The molecule has 120 valence electrons. The predicted molar refractivity (Wildman–Crippen MR) is 92.3 cm³/mol. The lowest BCUT2D eigenvalue weighted by Crippen LogP contribution is -2.26. The summed E-state index contributed by atoms with van der Waals surface area (Å²) in [5, 5.41) is 6.36. The van der Waals surface area contributed by atoms with Crippen LogP contribution in [-0.4, -0.2) is 30.5 Å². The first-order valence-electron chi connectivity index (χ1n) is 8.23. The van der Waals surface area contributed by atoms with Crippen molar-refractivity contribution in [3.8, 4) is 11.1 Å². The summed E-state index contributed by atoms with van der Waals surface area (Å²) in [6, 6.07) is 10.2. The van der Waals surface area contributed by atoms with Gasteiger partial charge in [-0.15, -0.1) is 0 Å². The third-order valence-corrected chi connectivity index (χ3v) is 4.39. The topological polar surface area (TPSA) is 54.0 Å². The molecule has 0 radical (unpaired) electrons. The van der Waals surface area contributed by atoms with Gasteiger partial charge in [-0.25, -0.2) is 0 Å². The molecule has 1 unspecified atom stereocenters. The van der Waals surface area contributed by atoms with Crippen molar-refractivity contribution in [2.75, 3.05) is 19.6 Å². The number of hydrogen-bond donors (Lipinski definition) is 2. The zero-order valence-electron chi connectivity index (χ0n) is 13.5. The summed E-state index contributed by atoms with van der Waals surface area (Å²) in [7, 11) is 0. The largest absolute Gasteiger partial charge is 0.352 e. The number of aromatic nitrogens is 1. The van der Waals surface area contributed by atoms with Crippen LogP contribution in [0.3, 0.4) is 0 Å². The lowest BCUT2D eigenvalue weighted by atomic mass is 10.0. The first-order chi connectivity index (χ1) is 11.2. The lowest BCUT2D eigenvalue weighted by Gasteiger charge is -2.10. The van der Waals surface area contributed by atoms with Crippen LogP contribution in [0, 0.1) is 12.8 Å². The molecule has 1 atom stereocenters. The molecular formula is C19H23N3O. The highest BCUT2D eigenvalue weighted by Crippen LogP contribution is 2.20. The van der Waals surface area contributed by atoms with Gasteiger partial charge in [0.2, 0.25) is 0 Å². The van der Waals surface area contributed by atoms with E-state index in [9.17, 15) is 4.79 Å². The summed E-state index contributed by atoms with van der Waals surface area (Å²) >= 11 is 0. The molecule has 0 saturated carbocycles. The molecule has 1 amide bonds. The fourth-order valence-corrected chi connectivity index (χ4v) is 2.92. The third-order valence-electron chi connectivity index (χ3n) is 4.39. The smallest absolute Gasteiger partial charge is 0.252 e.